The molecule has 2 aromatic rings. The van der Waals surface area contributed by atoms with Crippen LogP contribution in [0, 0.1) is 11.8 Å². The number of carbonyl (C=O) groups excluding carboxylic acids is 3. The molecule has 0 bridgehead atoms. The van der Waals surface area contributed by atoms with Gasteiger partial charge in [0.15, 0.2) is 6.10 Å². The Morgan fingerprint density at radius 3 is 2.39 bits per heavy atom. The Labute approximate surface area is 271 Å². The number of ether oxygens (including phenoxy) is 2. The largest absolute Gasteiger partial charge is 0.436 e. The monoisotopic (exact) mass is 641 g/mol. The van der Waals surface area contributed by atoms with Gasteiger partial charge in [-0.25, -0.2) is 9.78 Å². The second-order valence-corrected chi connectivity index (χ2v) is 13.0. The number of aliphatic hydroxyl groups is 2. The van der Waals surface area contributed by atoms with Crippen LogP contribution in [0.4, 0.5) is 4.79 Å². The minimum Gasteiger partial charge on any atom is -0.436 e. The van der Waals surface area contributed by atoms with E-state index in [4.69, 9.17) is 9.47 Å². The Bertz CT molecular complexity index is 1200. The number of amides is 3. The van der Waals surface area contributed by atoms with Crippen molar-refractivity contribution in [2.24, 2.45) is 11.8 Å². The molecule has 0 spiro atoms. The zero-order valence-corrected chi connectivity index (χ0v) is 27.1. The summed E-state index contributed by atoms with van der Waals surface area (Å²) in [4.78, 5) is 49.4. The summed E-state index contributed by atoms with van der Waals surface area (Å²) >= 11 is 0. The molecule has 12 nitrogen and oxygen atoms in total. The van der Waals surface area contributed by atoms with E-state index in [9.17, 15) is 24.6 Å². The Morgan fingerprint density at radius 2 is 1.74 bits per heavy atom. The normalized spacial score (nSPS) is 19.1. The van der Waals surface area contributed by atoms with E-state index in [0.717, 1.165) is 31.2 Å². The number of hydrogen-bond donors (Lipinski definition) is 5. The zero-order chi connectivity index (χ0) is 32.9. The van der Waals surface area contributed by atoms with Gasteiger partial charge < -0.3 is 40.2 Å². The van der Waals surface area contributed by atoms with Crippen LogP contribution >= 0.6 is 0 Å². The quantitative estimate of drug-likeness (QED) is 0.198. The van der Waals surface area contributed by atoms with E-state index in [1.54, 1.807) is 6.20 Å². The van der Waals surface area contributed by atoms with Gasteiger partial charge in [-0.15, -0.1) is 0 Å². The van der Waals surface area contributed by atoms with Crippen molar-refractivity contribution in [1.29, 1.82) is 0 Å². The van der Waals surface area contributed by atoms with Gasteiger partial charge in [0.2, 0.25) is 5.91 Å². The van der Waals surface area contributed by atoms with Crippen molar-refractivity contribution in [2.75, 3.05) is 26.3 Å². The van der Waals surface area contributed by atoms with Crippen LogP contribution < -0.4 is 10.6 Å². The molecule has 1 saturated carbocycles. The molecular formula is C34H51N5O7. The van der Waals surface area contributed by atoms with Crippen LogP contribution in [-0.2, 0) is 31.9 Å². The summed E-state index contributed by atoms with van der Waals surface area (Å²) in [5, 5.41) is 27.9. The molecule has 1 aliphatic heterocycles. The maximum Gasteiger partial charge on any atom is 0.410 e. The van der Waals surface area contributed by atoms with Crippen molar-refractivity contribution >= 4 is 17.9 Å². The van der Waals surface area contributed by atoms with E-state index in [1.165, 1.54) is 17.6 Å². The molecule has 1 saturated heterocycles. The number of rotatable bonds is 15. The first-order valence-electron chi connectivity index (χ1n) is 16.7. The van der Waals surface area contributed by atoms with E-state index in [-0.39, 0.29) is 18.8 Å². The number of hydrogen-bond acceptors (Lipinski definition) is 8. The van der Waals surface area contributed by atoms with E-state index < -0.39 is 48.3 Å². The molecule has 1 aromatic heterocycles. The van der Waals surface area contributed by atoms with Crippen LogP contribution in [0.3, 0.4) is 0 Å². The summed E-state index contributed by atoms with van der Waals surface area (Å²) in [6.45, 7) is 5.43. The molecule has 1 aromatic carbocycles. The zero-order valence-electron chi connectivity index (χ0n) is 27.1. The summed E-state index contributed by atoms with van der Waals surface area (Å²) in [7, 11) is 0. The predicted octanol–water partition coefficient (Wildman–Crippen LogP) is 2.74. The standard InChI is InChI=1S/C34H51N5O7/c1-23(2)17-29(40)31(41)27(18-24-9-5-3-6-10-24)37-32(42)28(20-26-21-35-22-36-26)38-33(43)30(19-25-11-7-4-8-12-25)46-34(44)39-13-15-45-16-14-39/h4,7-8,11-12,21-24,27-31,40-41H,3,5-6,9-10,13-20H2,1-2H3,(H,35,36)(H,37,42)(H,38,43)/t27-,28-,29-,30-,31+/m0/s1. The topological polar surface area (TPSA) is 166 Å². The third-order valence-corrected chi connectivity index (χ3v) is 8.84. The lowest BCUT2D eigenvalue weighted by Gasteiger charge is -2.34. The number of H-pyrrole nitrogens is 1. The average Bonchev–Trinajstić information content (AvgIpc) is 3.57. The number of benzene rings is 1. The average molecular weight is 642 g/mol. The summed E-state index contributed by atoms with van der Waals surface area (Å²) in [6.07, 6.45) is 5.57. The molecule has 46 heavy (non-hydrogen) atoms. The summed E-state index contributed by atoms with van der Waals surface area (Å²) in [5.41, 5.74) is 1.41. The van der Waals surface area contributed by atoms with Crippen molar-refractivity contribution in [3.8, 4) is 0 Å². The van der Waals surface area contributed by atoms with Crippen molar-refractivity contribution in [3.63, 3.8) is 0 Å². The second kappa shape index (κ2) is 18.0. The number of nitrogens with zero attached hydrogens (tertiary/aromatic N) is 2. The van der Waals surface area contributed by atoms with E-state index in [2.05, 4.69) is 20.6 Å². The molecule has 5 atom stereocenters. The molecule has 0 radical (unpaired) electrons. The van der Waals surface area contributed by atoms with Crippen LogP contribution in [0.15, 0.2) is 42.9 Å². The van der Waals surface area contributed by atoms with Crippen molar-refractivity contribution in [2.45, 2.75) is 102 Å². The lowest BCUT2D eigenvalue weighted by Crippen LogP contribution is -2.57. The molecule has 4 rings (SSSR count). The van der Waals surface area contributed by atoms with Crippen molar-refractivity contribution in [3.05, 3.63) is 54.1 Å². The van der Waals surface area contributed by atoms with Crippen LogP contribution in [-0.4, -0.2) is 99.7 Å². The van der Waals surface area contributed by atoms with Gasteiger partial charge in [-0.2, -0.15) is 0 Å². The molecule has 1 aliphatic carbocycles. The third kappa shape index (κ3) is 11.1. The number of aromatic nitrogens is 2. The Hall–Kier alpha value is -3.48. The van der Waals surface area contributed by atoms with Gasteiger partial charge in [0, 0.05) is 37.8 Å². The van der Waals surface area contributed by atoms with Crippen molar-refractivity contribution < 1.29 is 34.1 Å². The molecule has 5 N–H and O–H groups in total. The molecular weight excluding hydrogens is 590 g/mol. The van der Waals surface area contributed by atoms with Crippen molar-refractivity contribution in [1.82, 2.24) is 25.5 Å². The number of aliphatic hydroxyl groups excluding tert-OH is 2. The predicted molar refractivity (Wildman–Crippen MR) is 172 cm³/mol. The minimum atomic E-state index is -1.20. The van der Waals surface area contributed by atoms with Gasteiger partial charge in [-0.05, 0) is 30.2 Å². The van der Waals surface area contributed by atoms with Gasteiger partial charge in [0.25, 0.3) is 5.91 Å². The fraction of sp³-hybridized carbons (Fsp3) is 0.647. The first-order valence-corrected chi connectivity index (χ1v) is 16.7. The number of imidazole rings is 1. The first-order chi connectivity index (χ1) is 22.2. The number of nitrogens with one attached hydrogen (secondary N) is 3. The van der Waals surface area contributed by atoms with Gasteiger partial charge >= 0.3 is 6.09 Å². The highest BCUT2D eigenvalue weighted by Gasteiger charge is 2.35. The molecule has 2 fully saturated rings. The highest BCUT2D eigenvalue weighted by atomic mass is 16.6. The number of morpholine rings is 1. The summed E-state index contributed by atoms with van der Waals surface area (Å²) in [6, 6.07) is 7.46. The molecule has 2 heterocycles. The summed E-state index contributed by atoms with van der Waals surface area (Å²) in [5.74, 6) is -0.646. The van der Waals surface area contributed by atoms with Gasteiger partial charge in [-0.3, -0.25) is 9.59 Å². The smallest absolute Gasteiger partial charge is 0.410 e. The number of aromatic amines is 1. The first kappa shape index (κ1) is 35.4. The lowest BCUT2D eigenvalue weighted by atomic mass is 9.82. The highest BCUT2D eigenvalue weighted by molar-refractivity contribution is 5.90. The van der Waals surface area contributed by atoms with Gasteiger partial charge in [-0.1, -0.05) is 76.3 Å². The van der Waals surface area contributed by atoms with Gasteiger partial charge in [0.1, 0.15) is 12.1 Å². The molecule has 2 aliphatic rings. The molecule has 12 heteroatoms. The Morgan fingerprint density at radius 1 is 1.02 bits per heavy atom. The lowest BCUT2D eigenvalue weighted by molar-refractivity contribution is -0.135. The molecule has 3 amide bonds. The summed E-state index contributed by atoms with van der Waals surface area (Å²) < 4.78 is 11.1. The van der Waals surface area contributed by atoms with Crippen LogP contribution in [0.5, 0.6) is 0 Å². The fourth-order valence-electron chi connectivity index (χ4n) is 6.29. The van der Waals surface area contributed by atoms with E-state index in [1.807, 2.05) is 44.2 Å². The van der Waals surface area contributed by atoms with E-state index >= 15 is 0 Å². The maximum absolute atomic E-state index is 14.0. The number of carbonyl (C=O) groups is 3. The second-order valence-electron chi connectivity index (χ2n) is 13.0. The molecule has 254 valence electrons. The Kier molecular flexibility index (Phi) is 13.9. The van der Waals surface area contributed by atoms with Gasteiger partial charge in [0.05, 0.1) is 31.7 Å². The Balaban J connectivity index is 1.53. The maximum atomic E-state index is 14.0. The van der Waals surface area contributed by atoms with Crippen LogP contribution in [0.25, 0.3) is 0 Å². The van der Waals surface area contributed by atoms with Crippen LogP contribution in [0.1, 0.15) is 70.1 Å². The molecule has 0 unspecified atom stereocenters. The van der Waals surface area contributed by atoms with Crippen LogP contribution in [0.2, 0.25) is 0 Å². The third-order valence-electron chi connectivity index (χ3n) is 8.84. The highest BCUT2D eigenvalue weighted by Crippen LogP contribution is 2.29. The minimum absolute atomic E-state index is 0.0911. The fourth-order valence-corrected chi connectivity index (χ4v) is 6.29. The van der Waals surface area contributed by atoms with E-state index in [0.29, 0.717) is 50.8 Å². The SMILES string of the molecule is CC(C)C[C@H](O)[C@H](O)[C@H](CC1CCCCC1)NC(=O)[C@H](Cc1cnc[nH]1)NC(=O)[C@H](Cc1ccccc1)OC(=O)N1CCOCC1.